The Morgan fingerprint density at radius 3 is 2.68 bits per heavy atom. The van der Waals surface area contributed by atoms with Gasteiger partial charge in [0.2, 0.25) is 0 Å². The molecule has 1 aliphatic rings. The number of nitrogens with zero attached hydrogens (tertiary/aromatic N) is 1. The number of thioether (sulfide) groups is 1. The predicted octanol–water partition coefficient (Wildman–Crippen LogP) is 1.58. The molecule has 0 saturated carbocycles. The van der Waals surface area contributed by atoms with Crippen LogP contribution in [0.5, 0.6) is 0 Å². The highest BCUT2D eigenvalue weighted by Gasteiger charge is 2.32. The van der Waals surface area contributed by atoms with Crippen molar-refractivity contribution in [2.24, 2.45) is 0 Å². The van der Waals surface area contributed by atoms with Crippen molar-refractivity contribution in [3.8, 4) is 0 Å². The van der Waals surface area contributed by atoms with E-state index < -0.39 is 9.84 Å². The van der Waals surface area contributed by atoms with Crippen molar-refractivity contribution < 1.29 is 8.42 Å². The number of hydrogen-bond acceptors (Lipinski definition) is 5. The second-order valence-corrected chi connectivity index (χ2v) is 8.63. The summed E-state index contributed by atoms with van der Waals surface area (Å²) in [5.74, 6) is 2.07. The number of hydrogen-bond donors (Lipinski definition) is 1. The van der Waals surface area contributed by atoms with Crippen LogP contribution in [0.4, 0.5) is 0 Å². The molecule has 1 aliphatic heterocycles. The van der Waals surface area contributed by atoms with Crippen LogP contribution < -0.4 is 5.32 Å². The van der Waals surface area contributed by atoms with Gasteiger partial charge < -0.3 is 5.32 Å². The Hall–Kier alpha value is 0.220. The fourth-order valence-corrected chi connectivity index (χ4v) is 5.48. The summed E-state index contributed by atoms with van der Waals surface area (Å²) in [6, 6.07) is 0. The Labute approximate surface area is 122 Å². The molecule has 1 rings (SSSR count). The third-order valence-electron chi connectivity index (χ3n) is 3.63. The summed E-state index contributed by atoms with van der Waals surface area (Å²) in [5.41, 5.74) is 0. The molecular weight excluding hydrogens is 280 g/mol. The van der Waals surface area contributed by atoms with E-state index in [1.807, 2.05) is 7.05 Å². The van der Waals surface area contributed by atoms with Crippen molar-refractivity contribution in [3.63, 3.8) is 0 Å². The molecule has 4 nitrogen and oxygen atoms in total. The average molecular weight is 309 g/mol. The van der Waals surface area contributed by atoms with Crippen LogP contribution in [0.3, 0.4) is 0 Å². The number of nitrogens with one attached hydrogen (secondary N) is 1. The van der Waals surface area contributed by atoms with Gasteiger partial charge in [-0.2, -0.15) is 11.8 Å². The summed E-state index contributed by atoms with van der Waals surface area (Å²) >= 11 is 1.77. The van der Waals surface area contributed by atoms with E-state index in [0.717, 1.165) is 37.6 Å². The molecule has 19 heavy (non-hydrogen) atoms. The van der Waals surface area contributed by atoms with Gasteiger partial charge in [-0.1, -0.05) is 19.8 Å². The molecule has 0 aromatic heterocycles. The van der Waals surface area contributed by atoms with E-state index in [-0.39, 0.29) is 11.1 Å². The summed E-state index contributed by atoms with van der Waals surface area (Å²) in [5, 5.41) is 2.91. The highest BCUT2D eigenvalue weighted by Crippen LogP contribution is 2.21. The lowest BCUT2D eigenvalue weighted by atomic mass is 10.2. The van der Waals surface area contributed by atoms with Gasteiger partial charge in [0.25, 0.3) is 0 Å². The lowest BCUT2D eigenvalue weighted by Gasteiger charge is -2.34. The molecule has 0 bridgehead atoms. The smallest absolute Gasteiger partial charge is 0.166 e. The minimum Gasteiger partial charge on any atom is -0.320 e. The van der Waals surface area contributed by atoms with Gasteiger partial charge in [-0.3, -0.25) is 4.90 Å². The summed E-state index contributed by atoms with van der Waals surface area (Å²) in [4.78, 5) is 2.19. The van der Waals surface area contributed by atoms with E-state index >= 15 is 0 Å². The Balaban J connectivity index is 2.33. The molecule has 114 valence electrons. The second kappa shape index (κ2) is 9.21. The normalized spacial score (nSPS) is 21.7. The van der Waals surface area contributed by atoms with E-state index in [1.54, 1.807) is 18.7 Å². The fraction of sp³-hybridized carbons (Fsp3) is 1.00. The van der Waals surface area contributed by atoms with Crippen molar-refractivity contribution in [3.05, 3.63) is 0 Å². The van der Waals surface area contributed by atoms with E-state index in [2.05, 4.69) is 10.2 Å². The molecule has 1 fully saturated rings. The Morgan fingerprint density at radius 2 is 2.00 bits per heavy atom. The summed E-state index contributed by atoms with van der Waals surface area (Å²) < 4.78 is 24.2. The van der Waals surface area contributed by atoms with Gasteiger partial charge in [0, 0.05) is 23.8 Å². The highest BCUT2D eigenvalue weighted by atomic mass is 32.2. The molecular formula is C13H28N2O2S2. The van der Waals surface area contributed by atoms with Crippen LogP contribution in [0.1, 0.15) is 32.6 Å². The van der Waals surface area contributed by atoms with Gasteiger partial charge in [-0.25, -0.2) is 8.42 Å². The quantitative estimate of drug-likeness (QED) is 0.655. The molecule has 0 radical (unpaired) electrons. The van der Waals surface area contributed by atoms with Crippen LogP contribution in [0.25, 0.3) is 0 Å². The Morgan fingerprint density at radius 1 is 1.26 bits per heavy atom. The van der Waals surface area contributed by atoms with Crippen molar-refractivity contribution in [2.75, 3.05) is 43.9 Å². The number of sulfone groups is 1. The summed E-state index contributed by atoms with van der Waals surface area (Å²) in [6.45, 7) is 4.69. The van der Waals surface area contributed by atoms with Crippen LogP contribution in [0.15, 0.2) is 0 Å². The van der Waals surface area contributed by atoms with Crippen LogP contribution in [0, 0.1) is 0 Å². The largest absolute Gasteiger partial charge is 0.320 e. The first-order chi connectivity index (χ1) is 9.11. The van der Waals surface area contributed by atoms with Crippen molar-refractivity contribution in [1.82, 2.24) is 10.2 Å². The van der Waals surface area contributed by atoms with Gasteiger partial charge in [0.1, 0.15) is 5.37 Å². The maximum absolute atomic E-state index is 12.1. The van der Waals surface area contributed by atoms with Crippen molar-refractivity contribution in [1.29, 1.82) is 0 Å². The predicted molar refractivity (Wildman–Crippen MR) is 84.5 cm³/mol. The SMILES string of the molecule is CCS(=O)(=O)C1CSCCN1CCCCCCNC. The summed E-state index contributed by atoms with van der Waals surface area (Å²) in [7, 11) is -0.949. The zero-order valence-electron chi connectivity index (χ0n) is 12.2. The zero-order chi connectivity index (χ0) is 14.1. The van der Waals surface area contributed by atoms with E-state index in [0.29, 0.717) is 0 Å². The number of unbranched alkanes of at least 4 members (excludes halogenated alkanes) is 3. The van der Waals surface area contributed by atoms with E-state index in [9.17, 15) is 8.42 Å². The zero-order valence-corrected chi connectivity index (χ0v) is 13.9. The topological polar surface area (TPSA) is 49.4 Å². The van der Waals surface area contributed by atoms with Crippen molar-refractivity contribution in [2.45, 2.75) is 38.0 Å². The first-order valence-corrected chi connectivity index (χ1v) is 10.2. The molecule has 1 saturated heterocycles. The van der Waals surface area contributed by atoms with Crippen LogP contribution in [0.2, 0.25) is 0 Å². The third-order valence-corrected chi connectivity index (χ3v) is 6.96. The molecule has 0 amide bonds. The molecule has 1 atom stereocenters. The van der Waals surface area contributed by atoms with Gasteiger partial charge in [0.05, 0.1) is 0 Å². The lowest BCUT2D eigenvalue weighted by molar-refractivity contribution is 0.263. The molecule has 6 heteroatoms. The molecule has 1 heterocycles. The Bertz CT molecular complexity index is 334. The molecule has 1 unspecified atom stereocenters. The minimum absolute atomic E-state index is 0.242. The maximum atomic E-state index is 12.1. The van der Waals surface area contributed by atoms with E-state index in [1.165, 1.54) is 19.3 Å². The van der Waals surface area contributed by atoms with Crippen LogP contribution in [-0.2, 0) is 9.84 Å². The van der Waals surface area contributed by atoms with Gasteiger partial charge in [0.15, 0.2) is 9.84 Å². The highest BCUT2D eigenvalue weighted by molar-refractivity contribution is 8.01. The molecule has 0 aliphatic carbocycles. The van der Waals surface area contributed by atoms with Gasteiger partial charge in [-0.15, -0.1) is 0 Å². The molecule has 0 aromatic rings. The third kappa shape index (κ3) is 6.02. The maximum Gasteiger partial charge on any atom is 0.166 e. The second-order valence-electron chi connectivity index (χ2n) is 5.03. The average Bonchev–Trinajstić information content (AvgIpc) is 2.43. The summed E-state index contributed by atoms with van der Waals surface area (Å²) in [6.07, 6.45) is 4.76. The molecule has 0 spiro atoms. The fourth-order valence-electron chi connectivity index (χ4n) is 2.36. The van der Waals surface area contributed by atoms with Crippen LogP contribution in [-0.4, -0.2) is 62.6 Å². The lowest BCUT2D eigenvalue weighted by Crippen LogP contribution is -2.48. The molecule has 1 N–H and O–H groups in total. The minimum atomic E-state index is -2.93. The van der Waals surface area contributed by atoms with Gasteiger partial charge >= 0.3 is 0 Å². The monoisotopic (exact) mass is 308 g/mol. The van der Waals surface area contributed by atoms with Gasteiger partial charge in [-0.05, 0) is 33.0 Å². The molecule has 0 aromatic carbocycles. The van der Waals surface area contributed by atoms with Crippen LogP contribution >= 0.6 is 11.8 Å². The van der Waals surface area contributed by atoms with Crippen molar-refractivity contribution >= 4 is 21.6 Å². The standard InChI is InChI=1S/C13H28N2O2S2/c1-3-19(16,17)13-12-18-11-10-15(13)9-7-5-4-6-8-14-2/h13-14H,3-12H2,1-2H3. The van der Waals surface area contributed by atoms with E-state index in [4.69, 9.17) is 0 Å². The first kappa shape index (κ1) is 17.3. The Kier molecular flexibility index (Phi) is 8.37. The number of rotatable bonds is 9. The first-order valence-electron chi connectivity index (χ1n) is 7.29.